The van der Waals surface area contributed by atoms with Gasteiger partial charge in [0.25, 0.3) is 0 Å². The number of aliphatic hydroxyl groups excluding tert-OH is 1. The fourth-order valence-corrected chi connectivity index (χ4v) is 5.09. The van der Waals surface area contributed by atoms with Crippen molar-refractivity contribution in [2.45, 2.75) is 30.7 Å². The zero-order chi connectivity index (χ0) is 41.3. The van der Waals surface area contributed by atoms with Gasteiger partial charge >= 0.3 is 23.9 Å². The first kappa shape index (κ1) is 39.5. The standard InChI is InChI=1S/C34H28O22/c35-14-1-10(2-15(36)23(14)43)30(48)52-9-22-28(54-31(49)11-3-16(37)24(44)17(38)4-11)29(55-32(50)12-5-18(39)25(45)19(40)6-12)27(47)34(53-22)56-33(51)13-7-20(41)26(46)21(42)8-13/h1-8,22,27-29,34-47H,9H2/t22-,27-,28-,29-,34?/m1/s1. The zero-order valence-electron chi connectivity index (χ0n) is 27.7. The summed E-state index contributed by atoms with van der Waals surface area (Å²) in [6, 6.07) is 5.04. The Hall–Kier alpha value is -7.72. The maximum Gasteiger partial charge on any atom is 0.340 e. The third kappa shape index (κ3) is 7.95. The molecule has 0 spiro atoms. The predicted octanol–water partition coefficient (Wildman–Crippen LogP) is 0.705. The molecule has 0 amide bonds. The first-order chi connectivity index (χ1) is 26.3. The van der Waals surface area contributed by atoms with Gasteiger partial charge in [0.2, 0.25) is 6.29 Å². The molecule has 5 rings (SSSR count). The van der Waals surface area contributed by atoms with Crippen LogP contribution in [0.5, 0.6) is 69.0 Å². The van der Waals surface area contributed by atoms with E-state index in [1.54, 1.807) is 0 Å². The average Bonchev–Trinajstić information content (AvgIpc) is 3.14. The molecule has 0 bridgehead atoms. The van der Waals surface area contributed by atoms with Gasteiger partial charge < -0.3 is 90.1 Å². The molecule has 0 radical (unpaired) electrons. The number of phenols is 12. The number of benzene rings is 4. The highest BCUT2D eigenvalue weighted by Crippen LogP contribution is 2.40. The molecule has 1 heterocycles. The van der Waals surface area contributed by atoms with Gasteiger partial charge in [-0.25, -0.2) is 19.2 Å². The SMILES string of the molecule is O=C(OC[C@H]1OC(OC(=O)c2cc(O)c(O)c(O)c2)[C@H](O)[C@@H](OC(=O)c2cc(O)c(O)c(O)c2)[C@@H]1OC(=O)c1cc(O)c(O)c(O)c1)c1cc(O)c(O)c(O)c1. The lowest BCUT2D eigenvalue weighted by molar-refractivity contribution is -0.283. The van der Waals surface area contributed by atoms with Gasteiger partial charge in [-0.05, 0) is 48.5 Å². The summed E-state index contributed by atoms with van der Waals surface area (Å²) in [5.41, 5.74) is -2.62. The van der Waals surface area contributed by atoms with Crippen LogP contribution in [0.2, 0.25) is 0 Å². The molecule has 5 atom stereocenters. The van der Waals surface area contributed by atoms with Gasteiger partial charge in [-0.15, -0.1) is 0 Å². The van der Waals surface area contributed by atoms with E-state index in [0.29, 0.717) is 48.5 Å². The molecule has 1 aliphatic rings. The highest BCUT2D eigenvalue weighted by Gasteiger charge is 2.52. The quantitative estimate of drug-likeness (QED) is 0.0630. The number of aliphatic hydroxyl groups is 1. The molecule has 22 nitrogen and oxygen atoms in total. The highest BCUT2D eigenvalue weighted by molar-refractivity contribution is 5.93. The van der Waals surface area contributed by atoms with Crippen LogP contribution < -0.4 is 0 Å². The van der Waals surface area contributed by atoms with Crippen molar-refractivity contribution in [3.8, 4) is 69.0 Å². The minimum absolute atomic E-state index is 0.581. The van der Waals surface area contributed by atoms with Gasteiger partial charge in [-0.1, -0.05) is 0 Å². The van der Waals surface area contributed by atoms with Crippen LogP contribution in [0.15, 0.2) is 48.5 Å². The second-order valence-electron chi connectivity index (χ2n) is 11.7. The molecule has 4 aromatic rings. The second kappa shape index (κ2) is 15.3. The Morgan fingerprint density at radius 3 is 1.07 bits per heavy atom. The number of aromatic hydroxyl groups is 12. The fraction of sp³-hybridized carbons (Fsp3) is 0.176. The first-order valence-electron chi connectivity index (χ1n) is 15.4. The minimum atomic E-state index is -2.42. The summed E-state index contributed by atoms with van der Waals surface area (Å²) in [5, 5.41) is 129. The van der Waals surface area contributed by atoms with E-state index < -0.39 is 152 Å². The molecule has 0 saturated carbocycles. The molecular formula is C34H28O22. The Balaban J connectivity index is 1.56. The van der Waals surface area contributed by atoms with Crippen molar-refractivity contribution in [1.82, 2.24) is 0 Å². The highest BCUT2D eigenvalue weighted by atomic mass is 16.7. The van der Waals surface area contributed by atoms with E-state index in [-0.39, 0.29) is 0 Å². The predicted molar refractivity (Wildman–Crippen MR) is 175 cm³/mol. The van der Waals surface area contributed by atoms with Crippen LogP contribution in [0.25, 0.3) is 0 Å². The summed E-state index contributed by atoms with van der Waals surface area (Å²) >= 11 is 0. The number of esters is 4. The molecular weight excluding hydrogens is 760 g/mol. The van der Waals surface area contributed by atoms with E-state index in [0.717, 1.165) is 0 Å². The molecule has 1 saturated heterocycles. The van der Waals surface area contributed by atoms with Crippen LogP contribution in [0.4, 0.5) is 0 Å². The third-order valence-electron chi connectivity index (χ3n) is 7.92. The second-order valence-corrected chi connectivity index (χ2v) is 11.7. The smallest absolute Gasteiger partial charge is 0.340 e. The van der Waals surface area contributed by atoms with Gasteiger partial charge in [-0.3, -0.25) is 0 Å². The maximum atomic E-state index is 13.4. The van der Waals surface area contributed by atoms with Crippen LogP contribution >= 0.6 is 0 Å². The number of carbonyl (C=O) groups is 4. The third-order valence-corrected chi connectivity index (χ3v) is 7.92. The largest absolute Gasteiger partial charge is 0.504 e. The summed E-state index contributed by atoms with van der Waals surface area (Å²) in [7, 11) is 0. The Kier molecular flexibility index (Phi) is 10.8. The number of rotatable bonds is 9. The van der Waals surface area contributed by atoms with E-state index in [9.17, 15) is 85.6 Å². The Labute approximate surface area is 310 Å². The molecule has 22 heteroatoms. The molecule has 4 aromatic carbocycles. The van der Waals surface area contributed by atoms with Crippen LogP contribution in [0.1, 0.15) is 41.4 Å². The Bertz CT molecular complexity index is 2070. The van der Waals surface area contributed by atoms with Crippen molar-refractivity contribution < 1.29 is 109 Å². The van der Waals surface area contributed by atoms with Gasteiger partial charge in [-0.2, -0.15) is 0 Å². The molecule has 13 N–H and O–H groups in total. The lowest BCUT2D eigenvalue weighted by Crippen LogP contribution is -2.62. The zero-order valence-corrected chi connectivity index (χ0v) is 27.7. The minimum Gasteiger partial charge on any atom is -0.504 e. The van der Waals surface area contributed by atoms with Crippen molar-refractivity contribution in [3.63, 3.8) is 0 Å². The van der Waals surface area contributed by atoms with Crippen LogP contribution in [-0.2, 0) is 23.7 Å². The molecule has 1 fully saturated rings. The summed E-state index contributed by atoms with van der Waals surface area (Å²) in [4.78, 5) is 52.8. The number of hydrogen-bond acceptors (Lipinski definition) is 22. The van der Waals surface area contributed by atoms with Gasteiger partial charge in [0.05, 0.1) is 22.3 Å². The summed E-state index contributed by atoms with van der Waals surface area (Å²) in [6.45, 7) is -1.11. The molecule has 0 aliphatic carbocycles. The van der Waals surface area contributed by atoms with Crippen molar-refractivity contribution in [3.05, 3.63) is 70.8 Å². The van der Waals surface area contributed by atoms with Crippen molar-refractivity contribution >= 4 is 23.9 Å². The summed E-state index contributed by atoms with van der Waals surface area (Å²) in [5.74, 6) is -18.0. The van der Waals surface area contributed by atoms with Crippen molar-refractivity contribution in [2.75, 3.05) is 6.61 Å². The molecule has 296 valence electrons. The fourth-order valence-electron chi connectivity index (χ4n) is 5.09. The molecule has 0 aromatic heterocycles. The van der Waals surface area contributed by atoms with Crippen molar-refractivity contribution in [2.24, 2.45) is 0 Å². The topological polar surface area (TPSA) is 377 Å². The molecule has 1 unspecified atom stereocenters. The van der Waals surface area contributed by atoms with E-state index >= 15 is 0 Å². The van der Waals surface area contributed by atoms with Crippen LogP contribution in [0.3, 0.4) is 0 Å². The van der Waals surface area contributed by atoms with E-state index in [1.165, 1.54) is 0 Å². The van der Waals surface area contributed by atoms with E-state index in [2.05, 4.69) is 0 Å². The van der Waals surface area contributed by atoms with Crippen LogP contribution in [0, 0.1) is 0 Å². The Morgan fingerprint density at radius 1 is 0.446 bits per heavy atom. The van der Waals surface area contributed by atoms with E-state index in [4.69, 9.17) is 23.7 Å². The van der Waals surface area contributed by atoms with Crippen LogP contribution in [-0.4, -0.2) is 128 Å². The van der Waals surface area contributed by atoms with E-state index in [1.807, 2.05) is 0 Å². The monoisotopic (exact) mass is 788 g/mol. The van der Waals surface area contributed by atoms with Crippen molar-refractivity contribution in [1.29, 1.82) is 0 Å². The van der Waals surface area contributed by atoms with Gasteiger partial charge in [0.1, 0.15) is 12.7 Å². The molecule has 56 heavy (non-hydrogen) atoms. The summed E-state index contributed by atoms with van der Waals surface area (Å²) < 4.78 is 26.7. The van der Waals surface area contributed by atoms with Gasteiger partial charge in [0.15, 0.2) is 87.3 Å². The number of hydrogen-bond donors (Lipinski definition) is 13. The number of carbonyl (C=O) groups excluding carboxylic acids is 4. The normalized spacial score (nSPS) is 19.1. The Morgan fingerprint density at radius 2 is 0.732 bits per heavy atom. The average molecular weight is 789 g/mol. The maximum absolute atomic E-state index is 13.4. The van der Waals surface area contributed by atoms with Gasteiger partial charge in [0, 0.05) is 0 Å². The lowest BCUT2D eigenvalue weighted by atomic mass is 9.98. The lowest BCUT2D eigenvalue weighted by Gasteiger charge is -2.42. The number of phenolic OH excluding ortho intramolecular Hbond substituents is 12. The molecule has 1 aliphatic heterocycles. The summed E-state index contributed by atoms with van der Waals surface area (Å²) in [6.07, 6.45) is -11.2. The number of ether oxygens (including phenoxy) is 5. The first-order valence-corrected chi connectivity index (χ1v) is 15.4.